The summed E-state index contributed by atoms with van der Waals surface area (Å²) in [4.78, 5) is 19.1. The summed E-state index contributed by atoms with van der Waals surface area (Å²) in [6.07, 6.45) is 3.60. The van der Waals surface area contributed by atoms with Gasteiger partial charge in [0, 0.05) is 31.4 Å². The first-order valence-electron chi connectivity index (χ1n) is 10.4. The van der Waals surface area contributed by atoms with Crippen LogP contribution in [0, 0.1) is 17.2 Å². The summed E-state index contributed by atoms with van der Waals surface area (Å²) in [7, 11) is 0. The van der Waals surface area contributed by atoms with E-state index in [2.05, 4.69) is 21.3 Å². The summed E-state index contributed by atoms with van der Waals surface area (Å²) < 4.78 is 11.2. The van der Waals surface area contributed by atoms with E-state index >= 15 is 0 Å². The zero-order valence-corrected chi connectivity index (χ0v) is 17.6. The molecule has 0 atom stereocenters. The molecule has 7 nitrogen and oxygen atoms in total. The highest BCUT2D eigenvalue weighted by atomic mass is 16.5. The van der Waals surface area contributed by atoms with Gasteiger partial charge in [-0.3, -0.25) is 4.79 Å². The molecule has 0 aliphatic carbocycles. The van der Waals surface area contributed by atoms with E-state index in [-0.39, 0.29) is 5.91 Å². The number of benzene rings is 1. The second-order valence-corrected chi connectivity index (χ2v) is 7.15. The first-order chi connectivity index (χ1) is 14.7. The van der Waals surface area contributed by atoms with E-state index < -0.39 is 0 Å². The number of rotatable bonds is 8. The summed E-state index contributed by atoms with van der Waals surface area (Å²) in [6, 6.07) is 11.1. The maximum Gasteiger partial charge on any atom is 0.251 e. The number of carbonyl (C=O) groups excluding carboxylic acids is 1. The molecule has 1 saturated heterocycles. The summed E-state index contributed by atoms with van der Waals surface area (Å²) in [5.41, 5.74) is 1.16. The number of pyridine rings is 1. The van der Waals surface area contributed by atoms with Crippen LogP contribution in [0.25, 0.3) is 0 Å². The fourth-order valence-electron chi connectivity index (χ4n) is 3.62. The number of piperidine rings is 1. The first-order valence-corrected chi connectivity index (χ1v) is 10.4. The second-order valence-electron chi connectivity index (χ2n) is 7.15. The van der Waals surface area contributed by atoms with Crippen LogP contribution in [-0.2, 0) is 0 Å². The number of nitrogens with zero attached hydrogens (tertiary/aromatic N) is 3. The number of amides is 1. The minimum absolute atomic E-state index is 0.113. The molecule has 1 aromatic carbocycles. The van der Waals surface area contributed by atoms with Crippen LogP contribution in [0.2, 0.25) is 0 Å². The Morgan fingerprint density at radius 3 is 2.63 bits per heavy atom. The molecule has 0 radical (unpaired) electrons. The molecule has 1 fully saturated rings. The fourth-order valence-corrected chi connectivity index (χ4v) is 3.62. The number of hydrogen-bond acceptors (Lipinski definition) is 6. The molecular formula is C23H28N4O3. The number of nitrogens with one attached hydrogen (secondary N) is 1. The number of hydrogen-bond donors (Lipinski definition) is 1. The van der Waals surface area contributed by atoms with Gasteiger partial charge in [-0.2, -0.15) is 5.26 Å². The van der Waals surface area contributed by atoms with Crippen LogP contribution in [0.5, 0.6) is 11.5 Å². The van der Waals surface area contributed by atoms with Crippen LogP contribution in [0.4, 0.5) is 5.82 Å². The quantitative estimate of drug-likeness (QED) is 0.720. The van der Waals surface area contributed by atoms with Gasteiger partial charge in [0.15, 0.2) is 11.5 Å². The van der Waals surface area contributed by atoms with Gasteiger partial charge in [0.2, 0.25) is 0 Å². The van der Waals surface area contributed by atoms with Gasteiger partial charge in [-0.05, 0) is 62.9 Å². The molecule has 2 aromatic rings. The first kappa shape index (κ1) is 21.4. The maximum absolute atomic E-state index is 12.6. The lowest BCUT2D eigenvalue weighted by molar-refractivity contribution is 0.0944. The van der Waals surface area contributed by atoms with Gasteiger partial charge >= 0.3 is 0 Å². The average Bonchev–Trinajstić information content (AvgIpc) is 2.79. The van der Waals surface area contributed by atoms with Gasteiger partial charge in [0.25, 0.3) is 5.91 Å². The van der Waals surface area contributed by atoms with Gasteiger partial charge in [0.1, 0.15) is 11.9 Å². The third-order valence-electron chi connectivity index (χ3n) is 5.18. The number of carbonyl (C=O) groups is 1. The molecule has 2 heterocycles. The Kier molecular flexibility index (Phi) is 7.50. The molecule has 0 saturated carbocycles. The van der Waals surface area contributed by atoms with Crippen LogP contribution < -0.4 is 19.7 Å². The van der Waals surface area contributed by atoms with Crippen molar-refractivity contribution in [2.75, 3.05) is 37.7 Å². The van der Waals surface area contributed by atoms with Crippen molar-refractivity contribution in [3.63, 3.8) is 0 Å². The molecule has 0 spiro atoms. The van der Waals surface area contributed by atoms with Crippen molar-refractivity contribution in [1.29, 1.82) is 5.26 Å². The van der Waals surface area contributed by atoms with Gasteiger partial charge < -0.3 is 19.7 Å². The van der Waals surface area contributed by atoms with Crippen LogP contribution in [-0.4, -0.2) is 43.7 Å². The van der Waals surface area contributed by atoms with Gasteiger partial charge in [-0.25, -0.2) is 4.98 Å². The Morgan fingerprint density at radius 2 is 1.93 bits per heavy atom. The highest BCUT2D eigenvalue weighted by molar-refractivity contribution is 5.94. The van der Waals surface area contributed by atoms with Crippen molar-refractivity contribution in [2.24, 2.45) is 5.92 Å². The summed E-state index contributed by atoms with van der Waals surface area (Å²) in [5, 5.41) is 12.3. The van der Waals surface area contributed by atoms with E-state index in [1.54, 1.807) is 36.5 Å². The van der Waals surface area contributed by atoms with E-state index in [9.17, 15) is 10.1 Å². The van der Waals surface area contributed by atoms with Crippen LogP contribution in [0.1, 0.15) is 42.6 Å². The van der Waals surface area contributed by atoms with E-state index in [0.717, 1.165) is 31.7 Å². The fraction of sp³-hybridized carbons (Fsp3) is 0.435. The Labute approximate surface area is 177 Å². The molecule has 30 heavy (non-hydrogen) atoms. The SMILES string of the molecule is CCOc1ccc(C(=O)NCC2CCN(c3ncccc3C#N)CC2)cc1OCC. The highest BCUT2D eigenvalue weighted by Gasteiger charge is 2.22. The normalized spacial score (nSPS) is 14.1. The molecule has 0 bridgehead atoms. The topological polar surface area (TPSA) is 87.5 Å². The second kappa shape index (κ2) is 10.5. The zero-order chi connectivity index (χ0) is 21.3. The molecule has 158 valence electrons. The Morgan fingerprint density at radius 1 is 1.20 bits per heavy atom. The number of anilines is 1. The van der Waals surface area contributed by atoms with Crippen molar-refractivity contribution in [3.05, 3.63) is 47.7 Å². The van der Waals surface area contributed by atoms with Gasteiger partial charge in [-0.1, -0.05) is 0 Å². The Balaban J connectivity index is 1.54. The highest BCUT2D eigenvalue weighted by Crippen LogP contribution is 2.29. The standard InChI is InChI=1S/C23H28N4O3/c1-3-29-20-8-7-18(14-21(20)30-4-2)23(28)26-16-17-9-12-27(13-10-17)22-19(15-24)6-5-11-25-22/h5-8,11,14,17H,3-4,9-10,12-13,16H2,1-2H3,(H,26,28). The predicted octanol–water partition coefficient (Wildman–Crippen LogP) is 3.40. The predicted molar refractivity (Wildman–Crippen MR) is 115 cm³/mol. The maximum atomic E-state index is 12.6. The van der Waals surface area contributed by atoms with Crippen LogP contribution in [0.15, 0.2) is 36.5 Å². The third kappa shape index (κ3) is 5.20. The smallest absolute Gasteiger partial charge is 0.251 e. The van der Waals surface area contributed by atoms with Crippen molar-refractivity contribution in [2.45, 2.75) is 26.7 Å². The number of aromatic nitrogens is 1. The molecule has 1 amide bonds. The van der Waals surface area contributed by atoms with E-state index in [4.69, 9.17) is 9.47 Å². The molecule has 3 rings (SSSR count). The lowest BCUT2D eigenvalue weighted by Gasteiger charge is -2.33. The summed E-state index contributed by atoms with van der Waals surface area (Å²) in [6.45, 7) is 7.13. The van der Waals surface area contributed by atoms with Crippen molar-refractivity contribution < 1.29 is 14.3 Å². The van der Waals surface area contributed by atoms with E-state index in [1.807, 2.05) is 13.8 Å². The van der Waals surface area contributed by atoms with Gasteiger partial charge in [-0.15, -0.1) is 0 Å². The van der Waals surface area contributed by atoms with Crippen molar-refractivity contribution >= 4 is 11.7 Å². The van der Waals surface area contributed by atoms with E-state index in [1.165, 1.54) is 0 Å². The minimum Gasteiger partial charge on any atom is -0.490 e. The summed E-state index contributed by atoms with van der Waals surface area (Å²) in [5.74, 6) is 2.27. The lowest BCUT2D eigenvalue weighted by Crippen LogP contribution is -2.39. The molecule has 1 aliphatic heterocycles. The average molecular weight is 409 g/mol. The molecule has 1 aliphatic rings. The largest absolute Gasteiger partial charge is 0.490 e. The number of ether oxygens (including phenoxy) is 2. The molecule has 1 aromatic heterocycles. The molecule has 7 heteroatoms. The van der Waals surface area contributed by atoms with Crippen LogP contribution in [0.3, 0.4) is 0 Å². The zero-order valence-electron chi connectivity index (χ0n) is 17.6. The molecular weight excluding hydrogens is 380 g/mol. The molecule has 0 unspecified atom stereocenters. The Hall–Kier alpha value is -3.27. The van der Waals surface area contributed by atoms with E-state index in [0.29, 0.717) is 48.3 Å². The van der Waals surface area contributed by atoms with Crippen LogP contribution >= 0.6 is 0 Å². The third-order valence-corrected chi connectivity index (χ3v) is 5.18. The molecule has 1 N–H and O–H groups in total. The van der Waals surface area contributed by atoms with Gasteiger partial charge in [0.05, 0.1) is 18.8 Å². The minimum atomic E-state index is -0.113. The lowest BCUT2D eigenvalue weighted by atomic mass is 9.96. The number of nitriles is 1. The monoisotopic (exact) mass is 408 g/mol. The van der Waals surface area contributed by atoms with Crippen molar-refractivity contribution in [3.8, 4) is 17.6 Å². The summed E-state index contributed by atoms with van der Waals surface area (Å²) >= 11 is 0. The van der Waals surface area contributed by atoms with Crippen molar-refractivity contribution in [1.82, 2.24) is 10.3 Å². The Bertz CT molecular complexity index is 902.